The minimum Gasteiger partial charge on any atom is -0.489 e. The lowest BCUT2D eigenvalue weighted by molar-refractivity contribution is -0.119. The van der Waals surface area contributed by atoms with E-state index in [4.69, 9.17) is 4.74 Å². The molecule has 0 spiro atoms. The average molecular weight is 343 g/mol. The number of nitrogens with zero attached hydrogens (tertiary/aromatic N) is 1. The number of rotatable bonds is 5. The lowest BCUT2D eigenvalue weighted by atomic mass is 10.1. The molecule has 1 saturated heterocycles. The van der Waals surface area contributed by atoms with Crippen molar-refractivity contribution in [3.05, 3.63) is 59.9 Å². The van der Waals surface area contributed by atoms with Gasteiger partial charge in [-0.15, -0.1) is 0 Å². The molecule has 1 fully saturated rings. The van der Waals surface area contributed by atoms with Gasteiger partial charge < -0.3 is 10.1 Å². The van der Waals surface area contributed by atoms with Crippen molar-refractivity contribution in [2.24, 2.45) is 10.9 Å². The van der Waals surface area contributed by atoms with Gasteiger partial charge in [-0.3, -0.25) is 15.5 Å². The van der Waals surface area contributed by atoms with Crippen molar-refractivity contribution >= 4 is 17.4 Å². The lowest BCUT2D eigenvalue weighted by Crippen LogP contribution is -2.29. The number of amides is 1. The molecule has 3 rings (SSSR count). The van der Waals surface area contributed by atoms with Crippen LogP contribution in [0.5, 0.6) is 5.75 Å². The number of amidine groups is 1. The summed E-state index contributed by atoms with van der Waals surface area (Å²) in [5, 5.41) is 11.9. The van der Waals surface area contributed by atoms with E-state index in [0.717, 1.165) is 5.56 Å². The highest BCUT2D eigenvalue weighted by Crippen LogP contribution is 2.21. The fraction of sp³-hybridized carbons (Fsp3) is 0.222. The van der Waals surface area contributed by atoms with Gasteiger partial charge in [0.2, 0.25) is 5.91 Å². The van der Waals surface area contributed by atoms with Crippen LogP contribution in [-0.2, 0) is 11.4 Å². The molecule has 2 aromatic rings. The van der Waals surface area contributed by atoms with E-state index in [9.17, 15) is 14.4 Å². The van der Waals surface area contributed by atoms with Gasteiger partial charge >= 0.3 is 0 Å². The first-order valence-corrected chi connectivity index (χ1v) is 7.87. The van der Waals surface area contributed by atoms with E-state index >= 15 is 0 Å². The van der Waals surface area contributed by atoms with Crippen molar-refractivity contribution in [3.8, 4) is 5.75 Å². The average Bonchev–Trinajstić information content (AvgIpc) is 3.05. The number of hydrogen-bond donors (Lipinski definition) is 3. The monoisotopic (exact) mass is 343 g/mol. The van der Waals surface area contributed by atoms with E-state index in [-0.39, 0.29) is 24.2 Å². The van der Waals surface area contributed by atoms with Gasteiger partial charge in [0.05, 0.1) is 5.69 Å². The predicted octanol–water partition coefficient (Wildman–Crippen LogP) is 2.55. The summed E-state index contributed by atoms with van der Waals surface area (Å²) in [6.07, 6.45) is 0.293. The first-order chi connectivity index (χ1) is 12.1. The molecular weight excluding hydrogens is 325 g/mol. The van der Waals surface area contributed by atoms with Gasteiger partial charge in [-0.05, 0) is 42.0 Å². The van der Waals surface area contributed by atoms with Crippen LogP contribution in [0.25, 0.3) is 0 Å². The second kappa shape index (κ2) is 7.76. The molecule has 6 nitrogen and oxygen atoms in total. The zero-order chi connectivity index (χ0) is 17.6. The second-order valence-electron chi connectivity index (χ2n) is 5.73. The number of hydroxylamine groups is 1. The predicted molar refractivity (Wildman–Crippen MR) is 90.3 cm³/mol. The summed E-state index contributed by atoms with van der Waals surface area (Å²) in [6, 6.07) is 13.2. The summed E-state index contributed by atoms with van der Waals surface area (Å²) in [5.74, 6) is 0.427. The Morgan fingerprint density at radius 3 is 2.76 bits per heavy atom. The van der Waals surface area contributed by atoms with E-state index in [1.807, 2.05) is 0 Å². The molecule has 1 amide bonds. The smallest absolute Gasteiger partial charge is 0.220 e. The Morgan fingerprint density at radius 1 is 1.32 bits per heavy atom. The summed E-state index contributed by atoms with van der Waals surface area (Å²) in [7, 11) is 0. The van der Waals surface area contributed by atoms with Crippen LogP contribution in [0.15, 0.2) is 53.5 Å². The van der Waals surface area contributed by atoms with Gasteiger partial charge in [-0.25, -0.2) is 9.38 Å². The quantitative estimate of drug-likeness (QED) is 0.443. The molecule has 0 aliphatic carbocycles. The maximum absolute atomic E-state index is 13.1. The molecule has 0 unspecified atom stereocenters. The third kappa shape index (κ3) is 4.54. The minimum absolute atomic E-state index is 0.0611. The highest BCUT2D eigenvalue weighted by atomic mass is 19.1. The normalized spacial score (nSPS) is 17.3. The Labute approximate surface area is 144 Å². The Kier molecular flexibility index (Phi) is 5.25. The Morgan fingerprint density at radius 2 is 2.12 bits per heavy atom. The number of benzene rings is 2. The van der Waals surface area contributed by atoms with Crippen molar-refractivity contribution in [1.82, 2.24) is 10.8 Å². The summed E-state index contributed by atoms with van der Waals surface area (Å²) >= 11 is 0. The van der Waals surface area contributed by atoms with E-state index in [2.05, 4.69) is 15.8 Å². The van der Waals surface area contributed by atoms with Gasteiger partial charge in [0.1, 0.15) is 24.0 Å². The van der Waals surface area contributed by atoms with Crippen molar-refractivity contribution in [2.45, 2.75) is 13.0 Å². The molecule has 3 N–H and O–H groups in total. The van der Waals surface area contributed by atoms with E-state index < -0.39 is 0 Å². The zero-order valence-electron chi connectivity index (χ0n) is 13.4. The molecule has 7 heteroatoms. The first-order valence-electron chi connectivity index (χ1n) is 7.87. The van der Waals surface area contributed by atoms with Crippen LogP contribution >= 0.6 is 0 Å². The molecule has 1 aliphatic rings. The standard InChI is InChI=1S/C18H18FN3O3/c19-14-3-1-2-12(8-14)11-25-16-6-4-15(5-7-16)21-18(22-24)13-9-17(23)20-10-13/h1-8,13,24H,9-11H2,(H,20,23)(H,21,22)/t13-/m1/s1. The Balaban J connectivity index is 1.63. The molecule has 0 radical (unpaired) electrons. The second-order valence-corrected chi connectivity index (χ2v) is 5.73. The molecular formula is C18H18FN3O3. The third-order valence-corrected chi connectivity index (χ3v) is 3.86. The van der Waals surface area contributed by atoms with E-state index in [0.29, 0.717) is 30.2 Å². The van der Waals surface area contributed by atoms with E-state index in [1.165, 1.54) is 12.1 Å². The SMILES string of the molecule is O=C1C[C@@H](C(=Nc2ccc(OCc3cccc(F)c3)cc2)NO)CN1. The fourth-order valence-corrected chi connectivity index (χ4v) is 2.56. The molecule has 0 bridgehead atoms. The van der Waals surface area contributed by atoms with Crippen LogP contribution in [0.2, 0.25) is 0 Å². The molecule has 2 aromatic carbocycles. The minimum atomic E-state index is -0.297. The van der Waals surface area contributed by atoms with Crippen molar-refractivity contribution in [3.63, 3.8) is 0 Å². The fourth-order valence-electron chi connectivity index (χ4n) is 2.56. The molecule has 130 valence electrons. The maximum Gasteiger partial charge on any atom is 0.220 e. The first kappa shape index (κ1) is 16.9. The van der Waals surface area contributed by atoms with Gasteiger partial charge in [-0.1, -0.05) is 12.1 Å². The van der Waals surface area contributed by atoms with Crippen LogP contribution in [0.1, 0.15) is 12.0 Å². The number of nitrogens with one attached hydrogen (secondary N) is 2. The molecule has 25 heavy (non-hydrogen) atoms. The van der Waals surface area contributed by atoms with Crippen LogP contribution in [-0.4, -0.2) is 23.5 Å². The van der Waals surface area contributed by atoms with Crippen LogP contribution in [0.3, 0.4) is 0 Å². The largest absolute Gasteiger partial charge is 0.489 e. The Bertz CT molecular complexity index is 777. The van der Waals surface area contributed by atoms with Crippen LogP contribution in [0.4, 0.5) is 10.1 Å². The van der Waals surface area contributed by atoms with E-state index in [1.54, 1.807) is 36.4 Å². The van der Waals surface area contributed by atoms with Crippen molar-refractivity contribution < 1.29 is 19.1 Å². The molecule has 0 aromatic heterocycles. The molecule has 1 aliphatic heterocycles. The molecule has 1 heterocycles. The highest BCUT2D eigenvalue weighted by molar-refractivity contribution is 5.93. The number of hydrogen-bond acceptors (Lipinski definition) is 4. The summed E-state index contributed by atoms with van der Waals surface area (Å²) in [6.45, 7) is 0.708. The topological polar surface area (TPSA) is 83.0 Å². The van der Waals surface area contributed by atoms with Crippen LogP contribution in [0, 0.1) is 11.7 Å². The van der Waals surface area contributed by atoms with Crippen LogP contribution < -0.4 is 15.5 Å². The summed E-state index contributed by atoms with van der Waals surface area (Å²) < 4.78 is 18.7. The lowest BCUT2D eigenvalue weighted by Gasteiger charge is -2.10. The van der Waals surface area contributed by atoms with Gasteiger partial charge in [0.25, 0.3) is 0 Å². The Hall–Kier alpha value is -2.93. The summed E-state index contributed by atoms with van der Waals surface area (Å²) in [5.41, 5.74) is 3.43. The highest BCUT2D eigenvalue weighted by Gasteiger charge is 2.26. The zero-order valence-corrected chi connectivity index (χ0v) is 13.4. The number of ether oxygens (including phenoxy) is 1. The van der Waals surface area contributed by atoms with Crippen molar-refractivity contribution in [1.29, 1.82) is 0 Å². The number of halogens is 1. The molecule has 0 saturated carbocycles. The van der Waals surface area contributed by atoms with Crippen molar-refractivity contribution in [2.75, 3.05) is 6.54 Å². The third-order valence-electron chi connectivity index (χ3n) is 3.86. The van der Waals surface area contributed by atoms with Gasteiger partial charge in [0.15, 0.2) is 0 Å². The molecule has 1 atom stereocenters. The number of carbonyl (C=O) groups excluding carboxylic acids is 1. The maximum atomic E-state index is 13.1. The number of aliphatic imine (C=N–C) groups is 1. The van der Waals surface area contributed by atoms with Gasteiger partial charge in [-0.2, -0.15) is 0 Å². The summed E-state index contributed by atoms with van der Waals surface area (Å²) in [4.78, 5) is 15.6. The van der Waals surface area contributed by atoms with Gasteiger partial charge in [0, 0.05) is 18.9 Å². The number of carbonyl (C=O) groups is 1.